The molecule has 1 atom stereocenters. The Labute approximate surface area is 146 Å². The van der Waals surface area contributed by atoms with Gasteiger partial charge >= 0.3 is 0 Å². The van der Waals surface area contributed by atoms with Crippen molar-refractivity contribution in [3.63, 3.8) is 0 Å². The highest BCUT2D eigenvalue weighted by Crippen LogP contribution is 2.39. The molecule has 130 valence electrons. The zero-order valence-electron chi connectivity index (χ0n) is 13.3. The molecule has 0 N–H and O–H groups in total. The third-order valence-corrected chi connectivity index (χ3v) is 4.26. The Morgan fingerprint density at radius 1 is 1.04 bits per heavy atom. The van der Waals surface area contributed by atoms with Crippen molar-refractivity contribution >= 4 is 11.6 Å². The summed E-state index contributed by atoms with van der Waals surface area (Å²) in [5, 5.41) is 4.26. The average molecular weight is 369 g/mol. The van der Waals surface area contributed by atoms with E-state index in [9.17, 15) is 13.2 Å². The van der Waals surface area contributed by atoms with Crippen molar-refractivity contribution in [3.8, 4) is 11.1 Å². The van der Waals surface area contributed by atoms with Crippen LogP contribution in [0.4, 0.5) is 17.6 Å². The van der Waals surface area contributed by atoms with E-state index in [4.69, 9.17) is 11.6 Å². The molecular weight excluding hydrogens is 356 g/mol. The summed E-state index contributed by atoms with van der Waals surface area (Å²) < 4.78 is 56.9. The van der Waals surface area contributed by atoms with Gasteiger partial charge in [-0.05, 0) is 37.3 Å². The largest absolute Gasteiger partial charge is 0.268 e. The molecule has 1 heterocycles. The molecule has 1 unspecified atom stereocenters. The fourth-order valence-electron chi connectivity index (χ4n) is 2.85. The molecule has 0 amide bonds. The molecular formula is C18H13ClF4N2. The van der Waals surface area contributed by atoms with Crippen LogP contribution in [0.1, 0.15) is 23.1 Å². The number of aromatic nitrogens is 2. The fourth-order valence-corrected chi connectivity index (χ4v) is 3.11. The Bertz CT molecular complexity index is 952. The van der Waals surface area contributed by atoms with Crippen molar-refractivity contribution in [1.29, 1.82) is 0 Å². The van der Waals surface area contributed by atoms with E-state index in [1.165, 1.54) is 23.9 Å². The van der Waals surface area contributed by atoms with Gasteiger partial charge in [0.15, 0.2) is 6.17 Å². The van der Waals surface area contributed by atoms with Gasteiger partial charge in [0.2, 0.25) is 0 Å². The van der Waals surface area contributed by atoms with Gasteiger partial charge in [0, 0.05) is 29.8 Å². The minimum absolute atomic E-state index is 0.0523. The van der Waals surface area contributed by atoms with Gasteiger partial charge in [-0.25, -0.2) is 17.6 Å². The SMILES string of the molecule is Cc1nn(C)c(C(F)c2ccc(F)cc2F)c1-c1ccc(F)cc1Cl. The highest BCUT2D eigenvalue weighted by atomic mass is 35.5. The van der Waals surface area contributed by atoms with Crippen molar-refractivity contribution in [2.75, 3.05) is 0 Å². The molecule has 2 nitrogen and oxygen atoms in total. The number of hydrogen-bond donors (Lipinski definition) is 0. The number of benzene rings is 2. The first-order valence-corrected chi connectivity index (χ1v) is 7.75. The van der Waals surface area contributed by atoms with Gasteiger partial charge < -0.3 is 0 Å². The van der Waals surface area contributed by atoms with Crippen LogP contribution in [0, 0.1) is 24.4 Å². The van der Waals surface area contributed by atoms with E-state index in [0.29, 0.717) is 22.9 Å². The maximum absolute atomic E-state index is 15.2. The summed E-state index contributed by atoms with van der Waals surface area (Å²) in [5.74, 6) is -2.32. The van der Waals surface area contributed by atoms with Crippen molar-refractivity contribution in [1.82, 2.24) is 9.78 Å². The summed E-state index contributed by atoms with van der Waals surface area (Å²) in [7, 11) is 1.51. The molecule has 1 aromatic heterocycles. The van der Waals surface area contributed by atoms with E-state index in [0.717, 1.165) is 18.2 Å². The minimum Gasteiger partial charge on any atom is -0.268 e. The lowest BCUT2D eigenvalue weighted by Crippen LogP contribution is -2.06. The molecule has 3 rings (SSSR count). The summed E-state index contributed by atoms with van der Waals surface area (Å²) in [5.41, 5.74) is 0.925. The van der Waals surface area contributed by atoms with Crippen LogP contribution < -0.4 is 0 Å². The van der Waals surface area contributed by atoms with Crippen molar-refractivity contribution in [2.24, 2.45) is 7.05 Å². The Kier molecular flexibility index (Phi) is 4.56. The number of aryl methyl sites for hydroxylation is 2. The molecule has 0 bridgehead atoms. The monoisotopic (exact) mass is 368 g/mol. The first-order chi connectivity index (χ1) is 11.8. The molecule has 0 aliphatic carbocycles. The molecule has 3 aromatic rings. The van der Waals surface area contributed by atoms with E-state index in [2.05, 4.69) is 5.10 Å². The summed E-state index contributed by atoms with van der Waals surface area (Å²) in [4.78, 5) is 0. The Morgan fingerprint density at radius 3 is 2.32 bits per heavy atom. The summed E-state index contributed by atoms with van der Waals surface area (Å²) in [6.07, 6.45) is -1.90. The number of rotatable bonds is 3. The van der Waals surface area contributed by atoms with E-state index in [1.54, 1.807) is 6.92 Å². The van der Waals surface area contributed by atoms with Gasteiger partial charge in [-0.2, -0.15) is 5.10 Å². The van der Waals surface area contributed by atoms with Crippen LogP contribution in [0.25, 0.3) is 11.1 Å². The van der Waals surface area contributed by atoms with Gasteiger partial charge in [-0.1, -0.05) is 11.6 Å². The molecule has 0 saturated carbocycles. The number of alkyl halides is 1. The van der Waals surface area contributed by atoms with Gasteiger partial charge in [-0.3, -0.25) is 4.68 Å². The zero-order chi connectivity index (χ0) is 18.3. The van der Waals surface area contributed by atoms with Crippen molar-refractivity contribution in [2.45, 2.75) is 13.1 Å². The minimum atomic E-state index is -1.90. The highest BCUT2D eigenvalue weighted by Gasteiger charge is 2.27. The van der Waals surface area contributed by atoms with Crippen molar-refractivity contribution in [3.05, 3.63) is 75.8 Å². The maximum atomic E-state index is 15.2. The van der Waals surface area contributed by atoms with E-state index >= 15 is 4.39 Å². The van der Waals surface area contributed by atoms with Crippen LogP contribution in [-0.2, 0) is 7.05 Å². The van der Waals surface area contributed by atoms with Crippen LogP contribution in [0.2, 0.25) is 5.02 Å². The van der Waals surface area contributed by atoms with E-state index < -0.39 is 23.6 Å². The number of nitrogens with zero attached hydrogens (tertiary/aromatic N) is 2. The third kappa shape index (κ3) is 3.14. The topological polar surface area (TPSA) is 17.8 Å². The van der Waals surface area contributed by atoms with Crippen molar-refractivity contribution < 1.29 is 17.6 Å². The van der Waals surface area contributed by atoms with Crippen LogP contribution in [0.3, 0.4) is 0 Å². The molecule has 0 spiro atoms. The Hall–Kier alpha value is -2.34. The normalized spacial score (nSPS) is 12.4. The highest BCUT2D eigenvalue weighted by molar-refractivity contribution is 6.33. The lowest BCUT2D eigenvalue weighted by molar-refractivity contribution is 0.367. The molecule has 2 aromatic carbocycles. The van der Waals surface area contributed by atoms with Gasteiger partial charge in [0.05, 0.1) is 16.4 Å². The lowest BCUT2D eigenvalue weighted by atomic mass is 9.97. The van der Waals surface area contributed by atoms with Crippen LogP contribution >= 0.6 is 11.6 Å². The predicted octanol–water partition coefficient (Wildman–Crippen LogP) is 5.53. The second kappa shape index (κ2) is 6.52. The first-order valence-electron chi connectivity index (χ1n) is 7.37. The fraction of sp³-hybridized carbons (Fsp3) is 0.167. The number of halogens is 5. The molecule has 0 aliphatic rings. The summed E-state index contributed by atoms with van der Waals surface area (Å²) in [6, 6.07) is 6.38. The smallest absolute Gasteiger partial charge is 0.170 e. The van der Waals surface area contributed by atoms with Crippen LogP contribution in [-0.4, -0.2) is 9.78 Å². The van der Waals surface area contributed by atoms with E-state index in [-0.39, 0.29) is 16.3 Å². The van der Waals surface area contributed by atoms with Gasteiger partial charge in [0.25, 0.3) is 0 Å². The second-order valence-electron chi connectivity index (χ2n) is 5.62. The molecule has 0 fully saturated rings. The zero-order valence-corrected chi connectivity index (χ0v) is 14.1. The molecule has 25 heavy (non-hydrogen) atoms. The standard InChI is InChI=1S/C18H13ClF4N2/c1-9-16(12-5-3-10(20)7-14(12)19)18(25(2)24-9)17(23)13-6-4-11(21)8-15(13)22/h3-8,17H,1-2H3. The summed E-state index contributed by atoms with van der Waals surface area (Å²) in [6.45, 7) is 1.65. The average Bonchev–Trinajstić information content (AvgIpc) is 2.81. The van der Waals surface area contributed by atoms with Gasteiger partial charge in [-0.15, -0.1) is 0 Å². The maximum Gasteiger partial charge on any atom is 0.170 e. The second-order valence-corrected chi connectivity index (χ2v) is 6.03. The third-order valence-electron chi connectivity index (χ3n) is 3.94. The predicted molar refractivity (Wildman–Crippen MR) is 87.7 cm³/mol. The lowest BCUT2D eigenvalue weighted by Gasteiger charge is -2.14. The molecule has 7 heteroatoms. The summed E-state index contributed by atoms with van der Waals surface area (Å²) >= 11 is 6.10. The van der Waals surface area contributed by atoms with Crippen LogP contribution in [0.5, 0.6) is 0 Å². The number of hydrogen-bond acceptors (Lipinski definition) is 1. The Morgan fingerprint density at radius 2 is 1.68 bits per heavy atom. The van der Waals surface area contributed by atoms with E-state index in [1.807, 2.05) is 0 Å². The molecule has 0 aliphatic heterocycles. The first kappa shape index (κ1) is 17.5. The van der Waals surface area contributed by atoms with Crippen LogP contribution in [0.15, 0.2) is 36.4 Å². The molecule has 0 saturated heterocycles. The quantitative estimate of drug-likeness (QED) is 0.556. The van der Waals surface area contributed by atoms with Gasteiger partial charge in [0.1, 0.15) is 17.5 Å². The molecule has 0 radical (unpaired) electrons. The Balaban J connectivity index is 2.20.